The monoisotopic (exact) mass is 253 g/mol. The van der Waals surface area contributed by atoms with Gasteiger partial charge in [-0.1, -0.05) is 13.8 Å². The predicted octanol–water partition coefficient (Wildman–Crippen LogP) is 1.17. The van der Waals surface area contributed by atoms with Crippen molar-refractivity contribution in [2.24, 2.45) is 5.92 Å². The van der Waals surface area contributed by atoms with Gasteiger partial charge in [0.2, 0.25) is 0 Å². The highest BCUT2D eigenvalue weighted by Gasteiger charge is 2.28. The number of carbonyl (C=O) groups is 1. The minimum atomic E-state index is -1.23. The highest BCUT2D eigenvalue weighted by Crippen LogP contribution is 2.09. The number of nitrogens with zero attached hydrogens (tertiary/aromatic N) is 2. The first kappa shape index (κ1) is 14.2. The Bertz CT molecular complexity index is 492. The van der Waals surface area contributed by atoms with Crippen molar-refractivity contribution < 1.29 is 9.90 Å². The standard InChI is InChI=1S/C12H19N3O3/c1-8(2)7-15-6-5-13-9(10(15)16)14-12(3,4)11(17)18/h5-6,8H,7H2,1-4H3,(H,13,14)(H,17,18). The van der Waals surface area contributed by atoms with Crippen LogP contribution in [-0.2, 0) is 11.3 Å². The summed E-state index contributed by atoms with van der Waals surface area (Å²) in [7, 11) is 0. The van der Waals surface area contributed by atoms with Crippen molar-refractivity contribution in [3.8, 4) is 0 Å². The number of rotatable bonds is 5. The normalized spacial score (nSPS) is 11.6. The molecule has 0 saturated heterocycles. The van der Waals surface area contributed by atoms with E-state index in [2.05, 4.69) is 10.3 Å². The third-order valence-corrected chi connectivity index (χ3v) is 2.44. The van der Waals surface area contributed by atoms with Gasteiger partial charge in [-0.05, 0) is 19.8 Å². The minimum absolute atomic E-state index is 0.0607. The number of nitrogens with one attached hydrogen (secondary N) is 1. The summed E-state index contributed by atoms with van der Waals surface area (Å²) in [5.74, 6) is -0.654. The van der Waals surface area contributed by atoms with Gasteiger partial charge in [-0.25, -0.2) is 9.78 Å². The fraction of sp³-hybridized carbons (Fsp3) is 0.583. The summed E-state index contributed by atoms with van der Waals surface area (Å²) in [5, 5.41) is 11.7. The van der Waals surface area contributed by atoms with E-state index in [1.54, 1.807) is 6.20 Å². The summed E-state index contributed by atoms with van der Waals surface area (Å²) in [6.45, 7) is 7.54. The SMILES string of the molecule is CC(C)Cn1ccnc(NC(C)(C)C(=O)O)c1=O. The minimum Gasteiger partial charge on any atom is -0.480 e. The summed E-state index contributed by atoms with van der Waals surface area (Å²) < 4.78 is 1.53. The van der Waals surface area contributed by atoms with Crippen molar-refractivity contribution in [2.75, 3.05) is 5.32 Å². The molecule has 1 rings (SSSR count). The van der Waals surface area contributed by atoms with Gasteiger partial charge in [-0.15, -0.1) is 0 Å². The van der Waals surface area contributed by atoms with E-state index in [9.17, 15) is 9.59 Å². The fourth-order valence-electron chi connectivity index (χ4n) is 1.42. The lowest BCUT2D eigenvalue weighted by atomic mass is 10.1. The second-order valence-corrected chi connectivity index (χ2v) is 5.18. The molecule has 6 nitrogen and oxygen atoms in total. The van der Waals surface area contributed by atoms with Gasteiger partial charge < -0.3 is 15.0 Å². The zero-order valence-electron chi connectivity index (χ0n) is 11.1. The van der Waals surface area contributed by atoms with E-state index in [0.717, 1.165) is 0 Å². The number of aromatic nitrogens is 2. The second kappa shape index (κ2) is 5.20. The summed E-state index contributed by atoms with van der Waals surface area (Å²) in [6, 6.07) is 0. The highest BCUT2D eigenvalue weighted by molar-refractivity contribution is 5.81. The molecule has 100 valence electrons. The molecule has 1 aromatic rings. The average molecular weight is 253 g/mol. The maximum atomic E-state index is 12.0. The van der Waals surface area contributed by atoms with Gasteiger partial charge >= 0.3 is 5.97 Å². The Morgan fingerprint density at radius 3 is 2.67 bits per heavy atom. The molecule has 0 unspecified atom stereocenters. The van der Waals surface area contributed by atoms with Crippen molar-refractivity contribution in [3.05, 3.63) is 22.7 Å². The number of carboxylic acids is 1. The van der Waals surface area contributed by atoms with Gasteiger partial charge in [0.1, 0.15) is 5.54 Å². The van der Waals surface area contributed by atoms with E-state index >= 15 is 0 Å². The van der Waals surface area contributed by atoms with E-state index in [0.29, 0.717) is 12.5 Å². The Kier molecular flexibility index (Phi) is 4.11. The van der Waals surface area contributed by atoms with Crippen molar-refractivity contribution in [1.29, 1.82) is 0 Å². The lowest BCUT2D eigenvalue weighted by molar-refractivity contribution is -0.141. The van der Waals surface area contributed by atoms with Crippen molar-refractivity contribution >= 4 is 11.8 Å². The molecule has 0 bridgehead atoms. The molecule has 0 fully saturated rings. The highest BCUT2D eigenvalue weighted by atomic mass is 16.4. The number of anilines is 1. The van der Waals surface area contributed by atoms with E-state index in [1.165, 1.54) is 24.6 Å². The maximum Gasteiger partial charge on any atom is 0.328 e. The van der Waals surface area contributed by atoms with Crippen LogP contribution in [0.3, 0.4) is 0 Å². The van der Waals surface area contributed by atoms with Crippen LogP contribution in [0, 0.1) is 5.92 Å². The lowest BCUT2D eigenvalue weighted by Gasteiger charge is -2.21. The third kappa shape index (κ3) is 3.32. The molecule has 0 aliphatic heterocycles. The number of hydrogen-bond donors (Lipinski definition) is 2. The van der Waals surface area contributed by atoms with Crippen LogP contribution in [0.25, 0.3) is 0 Å². The van der Waals surface area contributed by atoms with E-state index in [4.69, 9.17) is 5.11 Å². The topological polar surface area (TPSA) is 84.2 Å². The van der Waals surface area contributed by atoms with Crippen molar-refractivity contribution in [2.45, 2.75) is 39.8 Å². The largest absolute Gasteiger partial charge is 0.480 e. The molecular formula is C12H19N3O3. The molecule has 2 N–H and O–H groups in total. The molecule has 1 heterocycles. The van der Waals surface area contributed by atoms with Crippen LogP contribution in [0.5, 0.6) is 0 Å². The molecule has 1 aromatic heterocycles. The fourth-order valence-corrected chi connectivity index (χ4v) is 1.42. The molecule has 18 heavy (non-hydrogen) atoms. The zero-order chi connectivity index (χ0) is 13.9. The Balaban J connectivity index is 3.05. The molecule has 0 saturated carbocycles. The number of carboxylic acid groups (broad SMARTS) is 1. The molecule has 0 aliphatic carbocycles. The van der Waals surface area contributed by atoms with E-state index in [-0.39, 0.29) is 11.4 Å². The Morgan fingerprint density at radius 2 is 2.17 bits per heavy atom. The third-order valence-electron chi connectivity index (χ3n) is 2.44. The molecule has 0 radical (unpaired) electrons. The van der Waals surface area contributed by atoms with Crippen LogP contribution in [0.2, 0.25) is 0 Å². The van der Waals surface area contributed by atoms with Crippen LogP contribution in [0.4, 0.5) is 5.82 Å². The summed E-state index contributed by atoms with van der Waals surface area (Å²) >= 11 is 0. The van der Waals surface area contributed by atoms with Gasteiger partial charge in [-0.2, -0.15) is 0 Å². The average Bonchev–Trinajstić information content (AvgIpc) is 2.23. The molecular weight excluding hydrogens is 234 g/mol. The van der Waals surface area contributed by atoms with Crippen molar-refractivity contribution in [3.63, 3.8) is 0 Å². The first-order chi connectivity index (χ1) is 8.24. The summed E-state index contributed by atoms with van der Waals surface area (Å²) in [5.41, 5.74) is -1.54. The molecule has 0 spiro atoms. The van der Waals surface area contributed by atoms with Gasteiger partial charge in [0.25, 0.3) is 5.56 Å². The van der Waals surface area contributed by atoms with E-state index in [1.807, 2.05) is 13.8 Å². The van der Waals surface area contributed by atoms with Crippen molar-refractivity contribution in [1.82, 2.24) is 9.55 Å². The quantitative estimate of drug-likeness (QED) is 0.823. The Labute approximate surface area is 106 Å². The van der Waals surface area contributed by atoms with E-state index < -0.39 is 11.5 Å². The van der Waals surface area contributed by atoms with Crippen LogP contribution in [0.1, 0.15) is 27.7 Å². The van der Waals surface area contributed by atoms with Gasteiger partial charge in [0, 0.05) is 18.9 Å². The smallest absolute Gasteiger partial charge is 0.328 e. The number of hydrogen-bond acceptors (Lipinski definition) is 4. The van der Waals surface area contributed by atoms with Gasteiger partial charge in [0.05, 0.1) is 0 Å². The lowest BCUT2D eigenvalue weighted by Crippen LogP contribution is -2.42. The van der Waals surface area contributed by atoms with Crippen LogP contribution in [-0.4, -0.2) is 26.2 Å². The summed E-state index contributed by atoms with van der Waals surface area (Å²) in [4.78, 5) is 27.0. The first-order valence-corrected chi connectivity index (χ1v) is 5.81. The van der Waals surface area contributed by atoms with Gasteiger partial charge in [-0.3, -0.25) is 4.79 Å². The Morgan fingerprint density at radius 1 is 1.56 bits per heavy atom. The first-order valence-electron chi connectivity index (χ1n) is 5.81. The second-order valence-electron chi connectivity index (χ2n) is 5.18. The molecule has 0 atom stereocenters. The summed E-state index contributed by atoms with van der Waals surface area (Å²) in [6.07, 6.45) is 3.09. The van der Waals surface area contributed by atoms with Crippen LogP contribution < -0.4 is 10.9 Å². The zero-order valence-corrected chi connectivity index (χ0v) is 11.1. The predicted molar refractivity (Wildman–Crippen MR) is 68.7 cm³/mol. The molecule has 0 aliphatic rings. The molecule has 6 heteroatoms. The maximum absolute atomic E-state index is 12.0. The van der Waals surface area contributed by atoms with Crippen LogP contribution >= 0.6 is 0 Å². The molecule has 0 aromatic carbocycles. The van der Waals surface area contributed by atoms with Gasteiger partial charge in [0.15, 0.2) is 5.82 Å². The molecule has 0 amide bonds. The Hall–Kier alpha value is -1.85. The van der Waals surface area contributed by atoms with Crippen LogP contribution in [0.15, 0.2) is 17.2 Å². The number of aliphatic carboxylic acids is 1.